The fourth-order valence-electron chi connectivity index (χ4n) is 6.53. The Balaban J connectivity index is 0.00000937. The van der Waals surface area contributed by atoms with Crippen molar-refractivity contribution in [2.75, 3.05) is 31.9 Å². The summed E-state index contributed by atoms with van der Waals surface area (Å²) in [6.45, 7) is 2.94. The minimum atomic E-state index is -5.66. The van der Waals surface area contributed by atoms with Gasteiger partial charge in [0.15, 0.2) is 0 Å². The molecule has 0 bridgehead atoms. The van der Waals surface area contributed by atoms with Crippen molar-refractivity contribution >= 4 is 134 Å². The zero-order valence-corrected chi connectivity index (χ0v) is 57.5. The molecule has 0 saturated carbocycles. The van der Waals surface area contributed by atoms with Crippen LogP contribution in [0.5, 0.6) is 0 Å². The average Bonchev–Trinajstić information content (AvgIpc) is 3.20. The van der Waals surface area contributed by atoms with E-state index in [-0.39, 0.29) is 212 Å². The number of carbonyl (C=O) groups is 3. The summed E-state index contributed by atoms with van der Waals surface area (Å²) in [4.78, 5) is 32.1. The van der Waals surface area contributed by atoms with Crippen molar-refractivity contribution in [1.82, 2.24) is 0 Å². The Morgan fingerprint density at radius 3 is 0.842 bits per heavy atom. The van der Waals surface area contributed by atoms with E-state index in [1.165, 1.54) is 50.2 Å². The van der Waals surface area contributed by atoms with Gasteiger partial charge in [-0.3, -0.25) is 0 Å². The third kappa shape index (κ3) is 19.1. The smallest absolute Gasteiger partial charge is 0.744 e. The Hall–Kier alpha value is -0.890. The van der Waals surface area contributed by atoms with E-state index in [0.717, 1.165) is 0 Å². The molecule has 0 fully saturated rings. The molecule has 6 amide bonds. The van der Waals surface area contributed by atoms with Gasteiger partial charge >= 0.3 is 195 Å². The molecule has 0 spiro atoms. The van der Waals surface area contributed by atoms with Gasteiger partial charge in [0.2, 0.25) is 0 Å². The van der Waals surface area contributed by atoms with Crippen LogP contribution >= 0.6 is 0 Å². The summed E-state index contributed by atoms with van der Waals surface area (Å²) in [5.74, 6) is 0. The number of hydrogen-bond acceptors (Lipinski definition) is 21. The summed E-state index contributed by atoms with van der Waals surface area (Å²) >= 11 is 0. The molecule has 0 atom stereocenters. The zero-order chi connectivity index (χ0) is 52.3. The third-order valence-electron chi connectivity index (χ3n) is 9.60. The second-order valence-electron chi connectivity index (χ2n) is 14.5. The van der Waals surface area contributed by atoms with Crippen LogP contribution in [-0.4, -0.2) is 95.9 Å². The maximum Gasteiger partial charge on any atom is 1.00 e. The second-order valence-corrected chi connectivity index (χ2v) is 22.7. The van der Waals surface area contributed by atoms with Gasteiger partial charge in [-0.15, -0.1) is 0 Å². The summed E-state index contributed by atoms with van der Waals surface area (Å²) in [6.07, 6.45) is 0. The minimum absolute atomic E-state index is 0. The first-order chi connectivity index (χ1) is 32.0. The Labute approximate surface area is 566 Å². The van der Waals surface area contributed by atoms with Gasteiger partial charge in [0, 0.05) is 33.5 Å². The van der Waals surface area contributed by atoms with E-state index in [1.807, 2.05) is 0 Å². The molecule has 0 radical (unpaired) electrons. The SMILES string of the molecule is Cc1ccc(NC(=O)Nc2ccc(C)c(NC(=O)Nc3cc(S(=O)(=O)[O-])cc4cc(S(=O)(=O)[O-])cc(S(=O)(=O)[O-])c34)c2)cc1NC(=O)Nc1cc(S(=O)(=O)[O-])cc2cc(S(=O)(=O)[O-])cc(S(=O)(=O)[O-])c12.[Na+].[Na+].[Na+].[Na+].[Na+].[Na+]. The van der Waals surface area contributed by atoms with Gasteiger partial charge in [-0.05, 0) is 109 Å². The molecule has 372 valence electrons. The van der Waals surface area contributed by atoms with Crippen molar-refractivity contribution < 1.29 is 270 Å². The molecule has 0 saturated heterocycles. The Morgan fingerprint density at radius 2 is 0.579 bits per heavy atom. The van der Waals surface area contributed by atoms with Crippen LogP contribution in [0.2, 0.25) is 0 Å². The Kier molecular flexibility index (Phi) is 28.1. The molecule has 0 aromatic heterocycles. The monoisotopic (exact) mass is 1220 g/mol. The van der Waals surface area contributed by atoms with E-state index >= 15 is 0 Å². The third-order valence-corrected chi connectivity index (χ3v) is 14.6. The van der Waals surface area contributed by atoms with Gasteiger partial charge in [0.05, 0.1) is 40.7 Å². The molecular formula is C37H26N6Na6O21S6. The van der Waals surface area contributed by atoms with Crippen molar-refractivity contribution in [3.63, 3.8) is 0 Å². The first-order valence-electron chi connectivity index (χ1n) is 18.4. The summed E-state index contributed by atoms with van der Waals surface area (Å²) in [5.41, 5.74) is -1.18. The van der Waals surface area contributed by atoms with Crippen LogP contribution in [0.15, 0.2) is 114 Å². The van der Waals surface area contributed by atoms with E-state index in [9.17, 15) is 92.2 Å². The number of fused-ring (bicyclic) bond motifs is 2. The van der Waals surface area contributed by atoms with Crippen molar-refractivity contribution in [2.24, 2.45) is 0 Å². The molecule has 0 aliphatic heterocycles. The first-order valence-corrected chi connectivity index (χ1v) is 26.9. The van der Waals surface area contributed by atoms with Gasteiger partial charge < -0.3 is 59.2 Å². The predicted octanol–water partition coefficient (Wildman–Crippen LogP) is -15.0. The maximum absolute atomic E-state index is 13.3. The average molecular weight is 1220 g/mol. The van der Waals surface area contributed by atoms with Crippen LogP contribution < -0.4 is 209 Å². The number of aryl methyl sites for hydroxylation is 2. The summed E-state index contributed by atoms with van der Waals surface area (Å²) in [7, 11) is -33.1. The van der Waals surface area contributed by atoms with Crippen molar-refractivity contribution in [3.05, 3.63) is 96.1 Å². The predicted molar refractivity (Wildman–Crippen MR) is 236 cm³/mol. The van der Waals surface area contributed by atoms with Crippen molar-refractivity contribution in [3.8, 4) is 0 Å². The molecular weight excluding hydrogens is 1190 g/mol. The number of benzene rings is 6. The summed E-state index contributed by atoms with van der Waals surface area (Å²) < 4.78 is 215. The van der Waals surface area contributed by atoms with Crippen LogP contribution in [0.1, 0.15) is 11.1 Å². The standard InChI is InChI=1S/C37H32N6O21S6.6Na/c1-17-3-5-21(11-27(17)40-36(45)42-29-13-23(65(47,48)49)7-19-9-25(67(53,54)55)15-31(33(19)29)69(59,60)61)38-35(44)39-22-6-4-18(2)28(12-22)41-37(46)43-30-14-24(66(50,51)52)8-20-10-26(68(56,57)58)16-32(34(20)30)70(62,63)64;;;;;;/h3-16H,1-2H3,(H2,38,39,44)(H2,40,42,45)(H2,41,43,46)(H,47,48,49)(H,50,51,52)(H,53,54,55)(H,56,57,58)(H,59,60,61)(H,62,63,64);;;;;;/q;6*+1/p-6. The van der Waals surface area contributed by atoms with Crippen LogP contribution in [0, 0.1) is 13.8 Å². The van der Waals surface area contributed by atoms with E-state index in [2.05, 4.69) is 31.9 Å². The molecule has 39 heteroatoms. The molecule has 27 nitrogen and oxygen atoms in total. The van der Waals surface area contributed by atoms with Crippen molar-refractivity contribution in [2.45, 2.75) is 43.2 Å². The Bertz CT molecular complexity index is 3740. The molecule has 6 aromatic carbocycles. The normalized spacial score (nSPS) is 11.6. The van der Waals surface area contributed by atoms with E-state index < -0.39 is 141 Å². The fourth-order valence-corrected chi connectivity index (χ4v) is 10.3. The molecule has 0 aliphatic rings. The minimum Gasteiger partial charge on any atom is -0.744 e. The number of rotatable bonds is 12. The van der Waals surface area contributed by atoms with Crippen LogP contribution in [0.25, 0.3) is 21.5 Å². The molecule has 6 rings (SSSR count). The zero-order valence-electron chi connectivity index (χ0n) is 40.6. The van der Waals surface area contributed by atoms with Crippen LogP contribution in [0.4, 0.5) is 48.5 Å². The number of carbonyl (C=O) groups excluding carboxylic acids is 3. The van der Waals surface area contributed by atoms with Gasteiger partial charge in [-0.25, -0.2) is 64.9 Å². The number of anilines is 6. The van der Waals surface area contributed by atoms with Crippen LogP contribution in [-0.2, 0) is 60.7 Å². The number of nitrogens with one attached hydrogen (secondary N) is 6. The van der Waals surface area contributed by atoms with Crippen LogP contribution in [0.3, 0.4) is 0 Å². The molecule has 0 heterocycles. The fraction of sp³-hybridized carbons (Fsp3) is 0.0541. The summed E-state index contributed by atoms with van der Waals surface area (Å²) in [6, 6.07) is 7.61. The van der Waals surface area contributed by atoms with Gasteiger partial charge in [-0.2, -0.15) is 0 Å². The number of urea groups is 3. The van der Waals surface area contributed by atoms with Gasteiger partial charge in [-0.1, -0.05) is 12.1 Å². The van der Waals surface area contributed by atoms with E-state index in [0.29, 0.717) is 47.5 Å². The van der Waals surface area contributed by atoms with Gasteiger partial charge in [0.25, 0.3) is 0 Å². The summed E-state index contributed by atoms with van der Waals surface area (Å²) in [5, 5.41) is 10.7. The van der Waals surface area contributed by atoms with E-state index in [1.54, 1.807) is 0 Å². The quantitative estimate of drug-likeness (QED) is 0.0489. The molecule has 6 N–H and O–H groups in total. The van der Waals surface area contributed by atoms with Crippen molar-refractivity contribution in [1.29, 1.82) is 0 Å². The first kappa shape index (κ1) is 75.1. The maximum atomic E-state index is 13.3. The molecule has 76 heavy (non-hydrogen) atoms. The van der Waals surface area contributed by atoms with Gasteiger partial charge in [0.1, 0.15) is 60.7 Å². The molecule has 6 aromatic rings. The Morgan fingerprint density at radius 1 is 0.329 bits per heavy atom. The number of amides is 6. The molecule has 0 unspecified atom stereocenters. The number of hydrogen-bond donors (Lipinski definition) is 6. The van der Waals surface area contributed by atoms with E-state index in [4.69, 9.17) is 0 Å². The second kappa shape index (κ2) is 28.4. The largest absolute Gasteiger partial charge is 1.00 e. The molecule has 0 aliphatic carbocycles. The topological polar surface area (TPSA) is 467 Å².